The summed E-state index contributed by atoms with van der Waals surface area (Å²) in [7, 11) is -2.96. The Morgan fingerprint density at radius 1 is 1.37 bits per heavy atom. The monoisotopic (exact) mass is 348 g/mol. The first kappa shape index (κ1) is 14.6. The van der Waals surface area contributed by atoms with Gasteiger partial charge >= 0.3 is 0 Å². The minimum Gasteiger partial charge on any atom is -0.342 e. The van der Waals surface area contributed by atoms with E-state index in [4.69, 9.17) is 0 Å². The van der Waals surface area contributed by atoms with Gasteiger partial charge in [0.05, 0.1) is 11.5 Å². The highest BCUT2D eigenvalue weighted by Crippen LogP contribution is 2.18. The number of hydrogen-bond donors (Lipinski definition) is 0. The van der Waals surface area contributed by atoms with Crippen LogP contribution in [0.5, 0.6) is 0 Å². The second-order valence-electron chi connectivity index (χ2n) is 4.68. The topological polar surface area (TPSA) is 59.4 Å². The lowest BCUT2D eigenvalue weighted by atomic mass is 10.3. The summed E-state index contributed by atoms with van der Waals surface area (Å²) in [4.78, 5) is 14.0. The summed E-state index contributed by atoms with van der Waals surface area (Å²) < 4.78 is 25.5. The summed E-state index contributed by atoms with van der Waals surface area (Å²) in [5.74, 6) is 0.0389. The first-order valence-corrected chi connectivity index (χ1v) is 8.90. The Morgan fingerprint density at radius 3 is 2.58 bits per heavy atom. The predicted octanol–water partition coefficient (Wildman–Crippen LogP) is 1.53. The van der Waals surface area contributed by atoms with Crippen LogP contribution in [0.15, 0.2) is 16.7 Å². The van der Waals surface area contributed by atoms with Gasteiger partial charge in [-0.2, -0.15) is 0 Å². The molecule has 0 atom stereocenters. The zero-order chi connectivity index (χ0) is 14.0. The van der Waals surface area contributed by atoms with E-state index in [1.54, 1.807) is 11.0 Å². The van der Waals surface area contributed by atoms with Crippen LogP contribution in [0.2, 0.25) is 0 Å². The van der Waals surface area contributed by atoms with Crippen molar-refractivity contribution in [1.82, 2.24) is 9.47 Å². The van der Waals surface area contributed by atoms with Gasteiger partial charge in [0.25, 0.3) is 5.91 Å². The number of hydrogen-bond acceptors (Lipinski definition) is 3. The van der Waals surface area contributed by atoms with Gasteiger partial charge in [0.1, 0.15) is 5.69 Å². The molecule has 1 aromatic heterocycles. The molecular weight excluding hydrogens is 332 g/mol. The molecule has 0 unspecified atom stereocenters. The van der Waals surface area contributed by atoms with Gasteiger partial charge < -0.3 is 9.47 Å². The number of carbonyl (C=O) groups is 1. The fraction of sp³-hybridized carbons (Fsp3) is 0.583. The molecule has 1 aliphatic rings. The molecule has 1 aromatic rings. The van der Waals surface area contributed by atoms with Crippen molar-refractivity contribution < 1.29 is 13.2 Å². The second-order valence-corrected chi connectivity index (χ2v) is 7.90. The molecule has 0 bridgehead atoms. The van der Waals surface area contributed by atoms with Crippen LogP contribution in [0.25, 0.3) is 0 Å². The van der Waals surface area contributed by atoms with Gasteiger partial charge in [0.2, 0.25) is 0 Å². The molecule has 5 nitrogen and oxygen atoms in total. The quantitative estimate of drug-likeness (QED) is 0.832. The first-order chi connectivity index (χ1) is 8.93. The molecule has 0 spiro atoms. The molecule has 1 fully saturated rings. The number of rotatable bonds is 3. The Kier molecular flexibility index (Phi) is 4.35. The van der Waals surface area contributed by atoms with E-state index in [2.05, 4.69) is 22.9 Å². The molecule has 106 valence electrons. The standard InChI is InChI=1S/C12H17BrN2O3S/c1-2-3-15-9-10(13)8-11(15)12(16)14-4-6-19(17,18)7-5-14/h8-9H,2-7H2,1H3. The van der Waals surface area contributed by atoms with Gasteiger partial charge in [-0.1, -0.05) is 6.92 Å². The average molecular weight is 349 g/mol. The van der Waals surface area contributed by atoms with Crippen LogP contribution in [-0.2, 0) is 16.4 Å². The van der Waals surface area contributed by atoms with E-state index in [0.717, 1.165) is 17.4 Å². The lowest BCUT2D eigenvalue weighted by molar-refractivity contribution is 0.0759. The highest BCUT2D eigenvalue weighted by Gasteiger charge is 2.27. The van der Waals surface area contributed by atoms with E-state index in [0.29, 0.717) is 5.69 Å². The van der Waals surface area contributed by atoms with E-state index in [-0.39, 0.29) is 30.5 Å². The summed E-state index contributed by atoms with van der Waals surface area (Å²) in [6, 6.07) is 1.79. The van der Waals surface area contributed by atoms with Crippen LogP contribution in [0.3, 0.4) is 0 Å². The Labute approximate surface area is 121 Å². The van der Waals surface area contributed by atoms with Crippen molar-refractivity contribution in [1.29, 1.82) is 0 Å². The SMILES string of the molecule is CCCn1cc(Br)cc1C(=O)N1CCS(=O)(=O)CC1. The van der Waals surface area contributed by atoms with Crippen molar-refractivity contribution in [2.45, 2.75) is 19.9 Å². The number of sulfone groups is 1. The van der Waals surface area contributed by atoms with Crippen molar-refractivity contribution in [3.05, 3.63) is 22.4 Å². The Morgan fingerprint density at radius 2 is 2.00 bits per heavy atom. The van der Waals surface area contributed by atoms with Crippen LogP contribution in [0.4, 0.5) is 0 Å². The number of amides is 1. The highest BCUT2D eigenvalue weighted by molar-refractivity contribution is 9.10. The molecule has 1 saturated heterocycles. The van der Waals surface area contributed by atoms with Crippen molar-refractivity contribution in [3.63, 3.8) is 0 Å². The third-order valence-electron chi connectivity index (χ3n) is 3.18. The highest BCUT2D eigenvalue weighted by atomic mass is 79.9. The first-order valence-electron chi connectivity index (χ1n) is 6.28. The van der Waals surface area contributed by atoms with Crippen LogP contribution < -0.4 is 0 Å². The summed E-state index contributed by atoms with van der Waals surface area (Å²) in [5, 5.41) is 0. The Balaban J connectivity index is 2.16. The molecule has 0 N–H and O–H groups in total. The fourth-order valence-electron chi connectivity index (χ4n) is 2.16. The predicted molar refractivity (Wildman–Crippen MR) is 77.0 cm³/mol. The normalized spacial score (nSPS) is 18.5. The maximum Gasteiger partial charge on any atom is 0.270 e. The van der Waals surface area contributed by atoms with Crippen LogP contribution in [0.1, 0.15) is 23.8 Å². The maximum atomic E-state index is 12.4. The number of aryl methyl sites for hydroxylation is 1. The van der Waals surface area contributed by atoms with Gasteiger partial charge in [0, 0.05) is 30.3 Å². The number of aromatic nitrogens is 1. The minimum absolute atomic E-state index is 0.0639. The van der Waals surface area contributed by atoms with Gasteiger partial charge in [-0.05, 0) is 28.4 Å². The number of nitrogens with zero attached hydrogens (tertiary/aromatic N) is 2. The third kappa shape index (κ3) is 3.39. The van der Waals surface area contributed by atoms with Crippen molar-refractivity contribution >= 4 is 31.7 Å². The lowest BCUT2D eigenvalue weighted by Crippen LogP contribution is -2.44. The molecule has 1 amide bonds. The molecule has 7 heteroatoms. The fourth-order valence-corrected chi connectivity index (χ4v) is 3.82. The van der Waals surface area contributed by atoms with Gasteiger partial charge in [-0.3, -0.25) is 4.79 Å². The molecule has 2 heterocycles. The van der Waals surface area contributed by atoms with E-state index in [1.165, 1.54) is 0 Å². The molecule has 1 aliphatic heterocycles. The molecule has 0 aliphatic carbocycles. The van der Waals surface area contributed by atoms with E-state index < -0.39 is 9.84 Å². The van der Waals surface area contributed by atoms with Crippen LogP contribution in [0, 0.1) is 0 Å². The Hall–Kier alpha value is -0.820. The largest absolute Gasteiger partial charge is 0.342 e. The van der Waals surface area contributed by atoms with Crippen molar-refractivity contribution in [2.24, 2.45) is 0 Å². The van der Waals surface area contributed by atoms with Gasteiger partial charge in [-0.15, -0.1) is 0 Å². The van der Waals surface area contributed by atoms with E-state index in [1.807, 2.05) is 10.8 Å². The van der Waals surface area contributed by atoms with Crippen LogP contribution in [-0.4, -0.2) is 48.4 Å². The number of carbonyl (C=O) groups excluding carboxylic acids is 1. The summed E-state index contributed by atoms with van der Waals surface area (Å²) >= 11 is 3.38. The smallest absolute Gasteiger partial charge is 0.270 e. The number of halogens is 1. The minimum atomic E-state index is -2.96. The van der Waals surface area contributed by atoms with Crippen molar-refractivity contribution in [3.8, 4) is 0 Å². The third-order valence-corrected chi connectivity index (χ3v) is 5.22. The molecular formula is C12H17BrN2O3S. The molecule has 0 radical (unpaired) electrons. The van der Waals surface area contributed by atoms with E-state index in [9.17, 15) is 13.2 Å². The Bertz CT molecular complexity index is 566. The van der Waals surface area contributed by atoms with Crippen molar-refractivity contribution in [2.75, 3.05) is 24.6 Å². The molecule has 0 saturated carbocycles. The lowest BCUT2D eigenvalue weighted by Gasteiger charge is -2.27. The summed E-state index contributed by atoms with van der Waals surface area (Å²) in [5.41, 5.74) is 0.619. The summed E-state index contributed by atoms with van der Waals surface area (Å²) in [6.07, 6.45) is 2.83. The van der Waals surface area contributed by atoms with E-state index >= 15 is 0 Å². The molecule has 19 heavy (non-hydrogen) atoms. The maximum absolute atomic E-state index is 12.4. The zero-order valence-corrected chi connectivity index (χ0v) is 13.2. The van der Waals surface area contributed by atoms with Gasteiger partial charge in [-0.25, -0.2) is 8.42 Å². The van der Waals surface area contributed by atoms with Crippen LogP contribution >= 0.6 is 15.9 Å². The molecule has 2 rings (SSSR count). The van der Waals surface area contributed by atoms with Gasteiger partial charge in [0.15, 0.2) is 9.84 Å². The molecule has 0 aromatic carbocycles. The second kappa shape index (κ2) is 5.66. The zero-order valence-electron chi connectivity index (χ0n) is 10.8. The average Bonchev–Trinajstić information content (AvgIpc) is 2.70. The summed E-state index contributed by atoms with van der Waals surface area (Å²) in [6.45, 7) is 3.40.